The molecule has 0 spiro atoms. The van der Waals surface area contributed by atoms with Crippen molar-refractivity contribution in [1.82, 2.24) is 9.78 Å². The molecule has 25 heavy (non-hydrogen) atoms. The maximum Gasteiger partial charge on any atom is 0.350 e. The average Bonchev–Trinajstić information content (AvgIpc) is 3.23. The van der Waals surface area contributed by atoms with E-state index in [-0.39, 0.29) is 11.4 Å². The molecule has 0 atom stereocenters. The van der Waals surface area contributed by atoms with Crippen molar-refractivity contribution in [2.24, 2.45) is 12.5 Å². The SMILES string of the molecule is CCC(C)(C#Cc1cc(NCc2cnn(C)c2)c(C(=O)OC)s1)CC. The molecule has 0 saturated carbocycles. The first-order valence-corrected chi connectivity index (χ1v) is 9.19. The highest BCUT2D eigenvalue weighted by Crippen LogP contribution is 2.29. The minimum atomic E-state index is -0.347. The van der Waals surface area contributed by atoms with Crippen LogP contribution in [0.2, 0.25) is 0 Å². The van der Waals surface area contributed by atoms with Crippen LogP contribution in [-0.2, 0) is 18.3 Å². The fourth-order valence-corrected chi connectivity index (χ4v) is 3.13. The van der Waals surface area contributed by atoms with Gasteiger partial charge in [-0.2, -0.15) is 5.10 Å². The van der Waals surface area contributed by atoms with E-state index in [1.807, 2.05) is 19.3 Å². The largest absolute Gasteiger partial charge is 0.465 e. The van der Waals surface area contributed by atoms with Gasteiger partial charge >= 0.3 is 5.97 Å². The molecule has 0 radical (unpaired) electrons. The lowest BCUT2D eigenvalue weighted by molar-refractivity contribution is 0.0607. The second-order valence-corrected chi connectivity index (χ2v) is 7.29. The number of ether oxygens (including phenoxy) is 1. The monoisotopic (exact) mass is 359 g/mol. The molecular weight excluding hydrogens is 334 g/mol. The van der Waals surface area contributed by atoms with Gasteiger partial charge in [-0.3, -0.25) is 4.68 Å². The van der Waals surface area contributed by atoms with Crippen molar-refractivity contribution in [2.45, 2.75) is 40.2 Å². The molecule has 2 aromatic heterocycles. The maximum absolute atomic E-state index is 12.1. The molecule has 2 aromatic rings. The zero-order chi connectivity index (χ0) is 18.4. The number of hydrogen-bond donors (Lipinski definition) is 1. The van der Waals surface area contributed by atoms with Crippen molar-refractivity contribution in [2.75, 3.05) is 12.4 Å². The van der Waals surface area contributed by atoms with Crippen molar-refractivity contribution < 1.29 is 9.53 Å². The molecule has 0 bridgehead atoms. The van der Waals surface area contributed by atoms with Crippen LogP contribution in [0.3, 0.4) is 0 Å². The summed E-state index contributed by atoms with van der Waals surface area (Å²) >= 11 is 1.36. The molecule has 2 heterocycles. The second kappa shape index (κ2) is 8.21. The summed E-state index contributed by atoms with van der Waals surface area (Å²) in [7, 11) is 3.27. The van der Waals surface area contributed by atoms with E-state index < -0.39 is 0 Å². The number of nitrogens with zero attached hydrogens (tertiary/aromatic N) is 2. The van der Waals surface area contributed by atoms with E-state index in [0.717, 1.165) is 29.0 Å². The Morgan fingerprint density at radius 1 is 1.44 bits per heavy atom. The first-order valence-electron chi connectivity index (χ1n) is 8.37. The molecule has 6 heteroatoms. The predicted octanol–water partition coefficient (Wildman–Crippen LogP) is 4.06. The van der Waals surface area contributed by atoms with Crippen molar-refractivity contribution in [3.63, 3.8) is 0 Å². The molecule has 2 rings (SSSR count). The number of aryl methyl sites for hydroxylation is 1. The second-order valence-electron chi connectivity index (χ2n) is 6.24. The molecule has 0 aromatic carbocycles. The number of anilines is 1. The fraction of sp³-hybridized carbons (Fsp3) is 0.474. The van der Waals surface area contributed by atoms with E-state index in [1.54, 1.807) is 10.9 Å². The van der Waals surface area contributed by atoms with Crippen LogP contribution in [0.1, 0.15) is 53.7 Å². The van der Waals surface area contributed by atoms with Crippen LogP contribution in [0.15, 0.2) is 18.5 Å². The van der Waals surface area contributed by atoms with Crippen molar-refractivity contribution in [1.29, 1.82) is 0 Å². The standard InChI is InChI=1S/C19H25N3O2S/c1-6-19(3,7-2)9-8-15-10-16(17(25-15)18(23)24-5)20-11-14-12-21-22(4)13-14/h10,12-13,20H,6-7,11H2,1-5H3. The Balaban J connectivity index is 2.24. The summed E-state index contributed by atoms with van der Waals surface area (Å²) in [5.74, 6) is 6.24. The molecule has 0 aliphatic rings. The van der Waals surface area contributed by atoms with Gasteiger partial charge in [0.05, 0.1) is 23.9 Å². The maximum atomic E-state index is 12.1. The summed E-state index contributed by atoms with van der Waals surface area (Å²) in [5.41, 5.74) is 1.79. The Kier molecular flexibility index (Phi) is 6.27. The highest BCUT2D eigenvalue weighted by atomic mass is 32.1. The molecule has 0 amide bonds. The lowest BCUT2D eigenvalue weighted by atomic mass is 9.85. The lowest BCUT2D eigenvalue weighted by Crippen LogP contribution is -2.09. The minimum Gasteiger partial charge on any atom is -0.465 e. The van der Waals surface area contributed by atoms with Gasteiger partial charge in [0.15, 0.2) is 0 Å². The van der Waals surface area contributed by atoms with Gasteiger partial charge in [-0.1, -0.05) is 25.7 Å². The molecule has 0 aliphatic carbocycles. The van der Waals surface area contributed by atoms with Crippen LogP contribution in [-0.4, -0.2) is 22.9 Å². The highest BCUT2D eigenvalue weighted by molar-refractivity contribution is 7.15. The number of thiophene rings is 1. The van der Waals surface area contributed by atoms with Crippen LogP contribution in [0, 0.1) is 17.3 Å². The number of aromatic nitrogens is 2. The Morgan fingerprint density at radius 3 is 2.72 bits per heavy atom. The number of esters is 1. The molecule has 134 valence electrons. The van der Waals surface area contributed by atoms with Gasteiger partial charge in [0.1, 0.15) is 4.88 Å². The van der Waals surface area contributed by atoms with E-state index in [0.29, 0.717) is 11.4 Å². The third-order valence-corrected chi connectivity index (χ3v) is 5.42. The van der Waals surface area contributed by atoms with Gasteiger partial charge in [0.25, 0.3) is 0 Å². The summed E-state index contributed by atoms with van der Waals surface area (Å²) in [6, 6.07) is 1.92. The topological polar surface area (TPSA) is 56.2 Å². The normalized spacial score (nSPS) is 10.9. The first kappa shape index (κ1) is 19.1. The average molecular weight is 359 g/mol. The number of nitrogens with one attached hydrogen (secondary N) is 1. The van der Waals surface area contributed by atoms with Crippen LogP contribution in [0.4, 0.5) is 5.69 Å². The number of carbonyl (C=O) groups is 1. The first-order chi connectivity index (χ1) is 11.9. The van der Waals surface area contributed by atoms with Crippen LogP contribution in [0.25, 0.3) is 0 Å². The Labute approximate surface area is 153 Å². The van der Waals surface area contributed by atoms with Gasteiger partial charge in [-0.25, -0.2) is 4.79 Å². The van der Waals surface area contributed by atoms with E-state index in [2.05, 4.69) is 43.0 Å². The van der Waals surface area contributed by atoms with Gasteiger partial charge < -0.3 is 10.1 Å². The Bertz CT molecular complexity index is 791. The summed E-state index contributed by atoms with van der Waals surface area (Å²) in [6.07, 6.45) is 5.73. The molecule has 0 aliphatic heterocycles. The summed E-state index contributed by atoms with van der Waals surface area (Å²) in [4.78, 5) is 13.5. The van der Waals surface area contributed by atoms with Crippen LogP contribution in [0.5, 0.6) is 0 Å². The third kappa shape index (κ3) is 4.86. The van der Waals surface area contributed by atoms with Crippen molar-refractivity contribution in [3.8, 4) is 11.8 Å². The Morgan fingerprint density at radius 2 is 2.16 bits per heavy atom. The molecule has 0 fully saturated rings. The molecule has 5 nitrogen and oxygen atoms in total. The number of rotatable bonds is 6. The van der Waals surface area contributed by atoms with Crippen LogP contribution < -0.4 is 5.32 Å². The van der Waals surface area contributed by atoms with E-state index in [4.69, 9.17) is 4.74 Å². The van der Waals surface area contributed by atoms with Gasteiger partial charge in [0, 0.05) is 30.8 Å². The minimum absolute atomic E-state index is 0.00127. The van der Waals surface area contributed by atoms with Gasteiger partial charge in [-0.15, -0.1) is 11.3 Å². The predicted molar refractivity (Wildman–Crippen MR) is 102 cm³/mol. The zero-order valence-corrected chi connectivity index (χ0v) is 16.3. The van der Waals surface area contributed by atoms with E-state index >= 15 is 0 Å². The lowest BCUT2D eigenvalue weighted by Gasteiger charge is -2.18. The Hall–Kier alpha value is -2.26. The summed E-state index contributed by atoms with van der Waals surface area (Å²) in [5, 5.41) is 7.44. The number of methoxy groups -OCH3 is 1. The van der Waals surface area contributed by atoms with Gasteiger partial charge in [-0.05, 0) is 25.8 Å². The number of hydrogen-bond acceptors (Lipinski definition) is 5. The van der Waals surface area contributed by atoms with Crippen molar-refractivity contribution >= 4 is 23.0 Å². The summed E-state index contributed by atoms with van der Waals surface area (Å²) < 4.78 is 6.65. The molecule has 0 unspecified atom stereocenters. The molecular formula is C19H25N3O2S. The quantitative estimate of drug-likeness (QED) is 0.624. The van der Waals surface area contributed by atoms with E-state index in [1.165, 1.54) is 18.4 Å². The highest BCUT2D eigenvalue weighted by Gasteiger charge is 2.18. The van der Waals surface area contributed by atoms with Crippen molar-refractivity contribution in [3.05, 3.63) is 33.8 Å². The zero-order valence-electron chi connectivity index (χ0n) is 15.5. The number of carbonyl (C=O) groups excluding carboxylic acids is 1. The van der Waals surface area contributed by atoms with E-state index in [9.17, 15) is 4.79 Å². The summed E-state index contributed by atoms with van der Waals surface area (Å²) in [6.45, 7) is 7.04. The van der Waals surface area contributed by atoms with Crippen LogP contribution >= 0.6 is 11.3 Å². The molecule has 1 N–H and O–H groups in total. The molecule has 0 saturated heterocycles. The smallest absolute Gasteiger partial charge is 0.350 e. The van der Waals surface area contributed by atoms with Gasteiger partial charge in [0.2, 0.25) is 0 Å². The third-order valence-electron chi connectivity index (χ3n) is 4.39. The fourth-order valence-electron chi connectivity index (χ4n) is 2.23.